The number of nitrogens with one attached hydrogen (secondary N) is 3. The second-order valence-corrected chi connectivity index (χ2v) is 7.38. The maximum absolute atomic E-state index is 12.0. The zero-order chi connectivity index (χ0) is 21.3. The Morgan fingerprint density at radius 2 is 1.68 bits per heavy atom. The van der Waals surface area contributed by atoms with Crippen LogP contribution in [0, 0.1) is 10.1 Å². The van der Waals surface area contributed by atoms with E-state index in [0.717, 1.165) is 5.56 Å². The molecule has 0 unspecified atom stereocenters. The number of rotatable bonds is 7. The molecule has 1 aromatic carbocycles. The third kappa shape index (κ3) is 8.97. The predicted octanol–water partition coefficient (Wildman–Crippen LogP) is 0.633. The van der Waals surface area contributed by atoms with Crippen LogP contribution in [-0.4, -0.2) is 60.3 Å². The molecule has 0 fully saturated rings. The molecule has 28 heavy (non-hydrogen) atoms. The van der Waals surface area contributed by atoms with Gasteiger partial charge in [-0.2, -0.15) is 0 Å². The first-order valence-corrected chi connectivity index (χ1v) is 8.74. The van der Waals surface area contributed by atoms with Crippen molar-refractivity contribution in [1.82, 2.24) is 20.9 Å². The number of aliphatic imine (C=N–C) groups is 1. The van der Waals surface area contributed by atoms with E-state index >= 15 is 0 Å². The number of hydrogen-bond acceptors (Lipinski definition) is 5. The van der Waals surface area contributed by atoms with E-state index in [1.165, 1.54) is 17.0 Å². The van der Waals surface area contributed by atoms with Crippen LogP contribution in [0.25, 0.3) is 0 Å². The number of carbonyl (C=O) groups is 2. The van der Waals surface area contributed by atoms with Gasteiger partial charge in [0.25, 0.3) is 5.69 Å². The third-order valence-electron chi connectivity index (χ3n) is 3.40. The van der Waals surface area contributed by atoms with Crippen LogP contribution in [0.15, 0.2) is 29.3 Å². The molecule has 1 rings (SSSR count). The maximum atomic E-state index is 12.0. The number of non-ortho nitro benzene ring substituents is 1. The van der Waals surface area contributed by atoms with Crippen molar-refractivity contribution in [3.8, 4) is 0 Å². The number of nitrogens with zero attached hydrogens (tertiary/aromatic N) is 3. The van der Waals surface area contributed by atoms with Crippen LogP contribution >= 0.6 is 0 Å². The number of likely N-dealkylation sites (N-methyl/N-ethyl adjacent to an activating group) is 1. The van der Waals surface area contributed by atoms with Crippen LogP contribution in [0.3, 0.4) is 0 Å². The van der Waals surface area contributed by atoms with Crippen molar-refractivity contribution in [1.29, 1.82) is 0 Å². The van der Waals surface area contributed by atoms with Crippen molar-refractivity contribution >= 4 is 23.5 Å². The highest BCUT2D eigenvalue weighted by Gasteiger charge is 2.14. The van der Waals surface area contributed by atoms with E-state index < -0.39 is 4.92 Å². The van der Waals surface area contributed by atoms with E-state index in [0.29, 0.717) is 0 Å². The highest BCUT2D eigenvalue weighted by molar-refractivity contribution is 5.89. The SMILES string of the molecule is CN(C)C(=O)CNC(=NCc1ccc([N+](=O)[O-])cc1)NCC(=O)NC(C)(C)C. The molecule has 10 heteroatoms. The fraction of sp³-hybridized carbons (Fsp3) is 0.500. The highest BCUT2D eigenvalue weighted by Crippen LogP contribution is 2.12. The Morgan fingerprint density at radius 1 is 1.11 bits per heavy atom. The second kappa shape index (κ2) is 10.2. The number of nitro groups is 1. The van der Waals surface area contributed by atoms with E-state index in [2.05, 4.69) is 20.9 Å². The minimum Gasteiger partial charge on any atom is -0.350 e. The Labute approximate surface area is 164 Å². The average molecular weight is 392 g/mol. The van der Waals surface area contributed by atoms with Crippen molar-refractivity contribution in [3.63, 3.8) is 0 Å². The van der Waals surface area contributed by atoms with Gasteiger partial charge in [-0.15, -0.1) is 0 Å². The normalized spacial score (nSPS) is 11.5. The lowest BCUT2D eigenvalue weighted by molar-refractivity contribution is -0.384. The second-order valence-electron chi connectivity index (χ2n) is 7.38. The lowest BCUT2D eigenvalue weighted by atomic mass is 10.1. The lowest BCUT2D eigenvalue weighted by Gasteiger charge is -2.21. The topological polar surface area (TPSA) is 129 Å². The van der Waals surface area contributed by atoms with E-state index in [9.17, 15) is 19.7 Å². The third-order valence-corrected chi connectivity index (χ3v) is 3.40. The molecule has 0 aliphatic carbocycles. The first kappa shape index (κ1) is 22.9. The van der Waals surface area contributed by atoms with Gasteiger partial charge in [0.1, 0.15) is 0 Å². The molecular weight excluding hydrogens is 364 g/mol. The van der Waals surface area contributed by atoms with Gasteiger partial charge >= 0.3 is 0 Å². The summed E-state index contributed by atoms with van der Waals surface area (Å²) in [5, 5.41) is 19.3. The maximum Gasteiger partial charge on any atom is 0.269 e. The van der Waals surface area contributed by atoms with Crippen molar-refractivity contribution in [2.45, 2.75) is 32.9 Å². The Bertz CT molecular complexity index is 723. The summed E-state index contributed by atoms with van der Waals surface area (Å²) in [7, 11) is 3.28. The molecule has 2 amide bonds. The zero-order valence-electron chi connectivity index (χ0n) is 16.9. The number of hydrogen-bond donors (Lipinski definition) is 3. The molecule has 0 heterocycles. The van der Waals surface area contributed by atoms with Gasteiger partial charge in [-0.05, 0) is 26.3 Å². The van der Waals surface area contributed by atoms with Gasteiger partial charge in [0.2, 0.25) is 11.8 Å². The molecule has 0 aliphatic rings. The summed E-state index contributed by atoms with van der Waals surface area (Å²) in [6, 6.07) is 6.02. The number of nitro benzene ring substituents is 1. The minimum atomic E-state index is -0.470. The molecule has 0 aromatic heterocycles. The number of benzene rings is 1. The van der Waals surface area contributed by atoms with Gasteiger partial charge in [-0.3, -0.25) is 19.7 Å². The summed E-state index contributed by atoms with van der Waals surface area (Å²) in [6.45, 7) is 5.86. The van der Waals surface area contributed by atoms with E-state index in [1.54, 1.807) is 26.2 Å². The van der Waals surface area contributed by atoms with E-state index in [4.69, 9.17) is 0 Å². The molecule has 0 saturated carbocycles. The molecule has 3 N–H and O–H groups in total. The molecule has 1 aromatic rings. The molecule has 0 spiro atoms. The largest absolute Gasteiger partial charge is 0.350 e. The Balaban J connectivity index is 2.77. The number of guanidine groups is 1. The highest BCUT2D eigenvalue weighted by atomic mass is 16.6. The van der Waals surface area contributed by atoms with Crippen LogP contribution in [0.1, 0.15) is 26.3 Å². The molecule has 0 atom stereocenters. The summed E-state index contributed by atoms with van der Waals surface area (Å²) in [5.74, 6) is -0.0714. The first-order chi connectivity index (χ1) is 13.0. The van der Waals surface area contributed by atoms with Crippen LogP contribution in [0.4, 0.5) is 5.69 Å². The number of amides is 2. The monoisotopic (exact) mass is 392 g/mol. The van der Waals surface area contributed by atoms with Crippen LogP contribution in [0.5, 0.6) is 0 Å². The van der Waals surface area contributed by atoms with Crippen molar-refractivity contribution in [3.05, 3.63) is 39.9 Å². The van der Waals surface area contributed by atoms with Crippen molar-refractivity contribution < 1.29 is 14.5 Å². The quantitative estimate of drug-likeness (QED) is 0.270. The summed E-state index contributed by atoms with van der Waals surface area (Å²) in [4.78, 5) is 39.8. The molecule has 0 bridgehead atoms. The van der Waals surface area contributed by atoms with Crippen LogP contribution in [-0.2, 0) is 16.1 Å². The lowest BCUT2D eigenvalue weighted by Crippen LogP contribution is -2.49. The van der Waals surface area contributed by atoms with Crippen molar-refractivity contribution in [2.75, 3.05) is 27.2 Å². The Hall–Kier alpha value is -3.17. The molecular formula is C18H28N6O4. The van der Waals surface area contributed by atoms with Crippen LogP contribution in [0.2, 0.25) is 0 Å². The summed E-state index contributed by atoms with van der Waals surface area (Å²) < 4.78 is 0. The van der Waals surface area contributed by atoms with Crippen LogP contribution < -0.4 is 16.0 Å². The van der Waals surface area contributed by atoms with Gasteiger partial charge in [-0.1, -0.05) is 12.1 Å². The van der Waals surface area contributed by atoms with Gasteiger partial charge in [0, 0.05) is 31.8 Å². The molecule has 0 saturated heterocycles. The smallest absolute Gasteiger partial charge is 0.269 e. The minimum absolute atomic E-state index is 0.000339. The summed E-state index contributed by atoms with van der Waals surface area (Å²) in [5.41, 5.74) is 0.396. The Kier molecular flexibility index (Phi) is 8.36. The molecule has 0 radical (unpaired) electrons. The first-order valence-electron chi connectivity index (χ1n) is 8.74. The number of carbonyl (C=O) groups excluding carboxylic acids is 2. The molecule has 0 aliphatic heterocycles. The summed E-state index contributed by atoms with van der Waals surface area (Å²) in [6.07, 6.45) is 0. The van der Waals surface area contributed by atoms with Crippen molar-refractivity contribution in [2.24, 2.45) is 4.99 Å². The van der Waals surface area contributed by atoms with Gasteiger partial charge in [0.05, 0.1) is 24.6 Å². The van der Waals surface area contributed by atoms with E-state index in [-0.39, 0.29) is 48.6 Å². The predicted molar refractivity (Wildman–Crippen MR) is 107 cm³/mol. The summed E-state index contributed by atoms with van der Waals surface area (Å²) >= 11 is 0. The Morgan fingerprint density at radius 3 is 2.18 bits per heavy atom. The fourth-order valence-electron chi connectivity index (χ4n) is 2.01. The standard InChI is InChI=1S/C18H28N6O4/c1-18(2,3)22-15(25)11-20-17(21-12-16(26)23(4)5)19-10-13-6-8-14(9-7-13)24(27)28/h6-9H,10-12H2,1-5H3,(H,22,25)(H2,19,20,21). The molecule has 10 nitrogen and oxygen atoms in total. The fourth-order valence-corrected chi connectivity index (χ4v) is 2.01. The van der Waals surface area contributed by atoms with E-state index in [1.807, 2.05) is 20.8 Å². The van der Waals surface area contributed by atoms with Gasteiger partial charge in [0.15, 0.2) is 5.96 Å². The average Bonchev–Trinajstić information content (AvgIpc) is 2.59. The van der Waals surface area contributed by atoms with Gasteiger partial charge < -0.3 is 20.9 Å². The zero-order valence-corrected chi connectivity index (χ0v) is 16.9. The molecule has 154 valence electrons. The van der Waals surface area contributed by atoms with Gasteiger partial charge in [-0.25, -0.2) is 4.99 Å².